The number of fused-ring (bicyclic) bond motifs is 2. The Hall–Kier alpha value is -2.32. The van der Waals surface area contributed by atoms with E-state index in [1.54, 1.807) is 24.3 Å². The first-order chi connectivity index (χ1) is 10.4. The predicted octanol–water partition coefficient (Wildman–Crippen LogP) is 3.02. The first kappa shape index (κ1) is 14.6. The maximum atomic E-state index is 13.1. The van der Waals surface area contributed by atoms with Gasteiger partial charge in [-0.2, -0.15) is 8.78 Å². The Morgan fingerprint density at radius 1 is 1.18 bits per heavy atom. The molecule has 0 fully saturated rings. The molecule has 0 spiro atoms. The van der Waals surface area contributed by atoms with E-state index in [9.17, 15) is 18.1 Å². The van der Waals surface area contributed by atoms with Gasteiger partial charge in [0, 0.05) is 23.3 Å². The summed E-state index contributed by atoms with van der Waals surface area (Å²) in [6, 6.07) is 10.1. The molecule has 0 bridgehead atoms. The molecule has 22 heavy (non-hydrogen) atoms. The molecule has 0 saturated heterocycles. The van der Waals surface area contributed by atoms with Crippen LogP contribution in [0.2, 0.25) is 0 Å². The van der Waals surface area contributed by atoms with Crippen molar-refractivity contribution in [2.45, 2.75) is 15.9 Å². The second-order valence-electron chi connectivity index (χ2n) is 4.35. The van der Waals surface area contributed by atoms with E-state index in [2.05, 4.69) is 4.74 Å². The number of aliphatic carboxylic acids is 1. The molecule has 0 radical (unpaired) electrons. The quantitative estimate of drug-likeness (QED) is 0.877. The Morgan fingerprint density at radius 3 is 2.59 bits per heavy atom. The van der Waals surface area contributed by atoms with Gasteiger partial charge in [0.2, 0.25) is 9.79 Å². The third-order valence-corrected chi connectivity index (χ3v) is 4.35. The zero-order valence-corrected chi connectivity index (χ0v) is 11.6. The Balaban J connectivity index is 1.95. The van der Waals surface area contributed by atoms with Gasteiger partial charge in [-0.05, 0) is 18.2 Å². The summed E-state index contributed by atoms with van der Waals surface area (Å²) < 4.78 is 48.1. The molecule has 5 nitrogen and oxygen atoms in total. The maximum Gasteiger partial charge on any atom is 0.501 e. The highest BCUT2D eigenvalue weighted by molar-refractivity contribution is 7.91. The van der Waals surface area contributed by atoms with Crippen molar-refractivity contribution < 1.29 is 32.7 Å². The van der Waals surface area contributed by atoms with Crippen molar-refractivity contribution in [2.24, 2.45) is 0 Å². The number of halogens is 2. The summed E-state index contributed by atoms with van der Waals surface area (Å²) in [5.41, 5.74) is 0. The van der Waals surface area contributed by atoms with Crippen LogP contribution >= 0.6 is 0 Å². The van der Waals surface area contributed by atoms with Crippen LogP contribution in [0, 0.1) is 0 Å². The highest BCUT2D eigenvalue weighted by Gasteiger charge is 2.43. The van der Waals surface area contributed by atoms with Crippen LogP contribution in [0.3, 0.4) is 0 Å². The van der Waals surface area contributed by atoms with Crippen LogP contribution in [0.5, 0.6) is 17.2 Å². The number of hydrogen-bond donors (Lipinski definition) is 1. The first-order valence-electron chi connectivity index (χ1n) is 6.01. The Morgan fingerprint density at radius 2 is 1.86 bits per heavy atom. The first-order valence-corrected chi connectivity index (χ1v) is 7.16. The van der Waals surface area contributed by atoms with Crippen molar-refractivity contribution in [3.8, 4) is 17.2 Å². The number of para-hydroxylation sites is 1. The Labute approximate surface area is 126 Å². The van der Waals surface area contributed by atoms with E-state index >= 15 is 0 Å². The summed E-state index contributed by atoms with van der Waals surface area (Å²) in [6.07, 6.45) is -4.36. The van der Waals surface area contributed by atoms with Gasteiger partial charge < -0.3 is 19.1 Å². The van der Waals surface area contributed by atoms with Gasteiger partial charge in [0.05, 0.1) is 0 Å². The molecule has 2 aromatic carbocycles. The van der Waals surface area contributed by atoms with Crippen molar-refractivity contribution >= 4 is 17.1 Å². The molecule has 0 aliphatic carbocycles. The minimum atomic E-state index is -4.36. The molecule has 8 heteroatoms. The average molecular weight is 326 g/mol. The lowest BCUT2D eigenvalue weighted by Crippen LogP contribution is -2.34. The lowest BCUT2D eigenvalue weighted by atomic mass is 10.3. The molecule has 2 aromatic rings. The largest absolute Gasteiger partial charge is 0.606 e. The fourth-order valence-corrected chi connectivity index (χ4v) is 3.11. The van der Waals surface area contributed by atoms with Crippen LogP contribution in [-0.2, 0) is 16.0 Å². The third kappa shape index (κ3) is 2.46. The zero-order chi connectivity index (χ0) is 15.9. The van der Waals surface area contributed by atoms with Crippen LogP contribution in [0.15, 0.2) is 52.3 Å². The Bertz CT molecular complexity index is 750. The van der Waals surface area contributed by atoms with Crippen LogP contribution in [0.4, 0.5) is 8.78 Å². The standard InChI is InChI=1S/C14H8F2O5S/c15-14(16,13(17)18)21-8-5-6-12-10(7-8)20-9-3-1-2-4-11(9)22(12)19/h1-7H,(H,17,18). The molecular weight excluding hydrogens is 318 g/mol. The molecule has 1 aliphatic heterocycles. The van der Waals surface area contributed by atoms with Crippen LogP contribution in [-0.4, -0.2) is 21.7 Å². The third-order valence-electron chi connectivity index (χ3n) is 2.88. The number of benzene rings is 2. The van der Waals surface area contributed by atoms with E-state index in [4.69, 9.17) is 9.84 Å². The number of rotatable bonds is 3. The summed E-state index contributed by atoms with van der Waals surface area (Å²) in [5, 5.41) is 8.36. The fraction of sp³-hybridized carbons (Fsp3) is 0.0714. The van der Waals surface area contributed by atoms with Crippen LogP contribution < -0.4 is 9.47 Å². The van der Waals surface area contributed by atoms with E-state index in [0.717, 1.165) is 12.1 Å². The van der Waals surface area contributed by atoms with Crippen molar-refractivity contribution in [1.29, 1.82) is 0 Å². The molecule has 0 saturated carbocycles. The fourth-order valence-electron chi connectivity index (χ4n) is 1.90. The van der Waals surface area contributed by atoms with E-state index in [1.165, 1.54) is 6.07 Å². The number of carboxylic acid groups (broad SMARTS) is 1. The van der Waals surface area contributed by atoms with Gasteiger partial charge in [0.1, 0.15) is 5.75 Å². The second kappa shape index (κ2) is 5.15. The maximum absolute atomic E-state index is 13.1. The van der Waals surface area contributed by atoms with Crippen LogP contribution in [0.1, 0.15) is 0 Å². The van der Waals surface area contributed by atoms with Crippen molar-refractivity contribution in [3.05, 3.63) is 42.5 Å². The minimum Gasteiger partial charge on any atom is -0.606 e. The topological polar surface area (TPSA) is 78.8 Å². The monoisotopic (exact) mass is 326 g/mol. The SMILES string of the molecule is O=C(O)C(F)(F)Oc1ccc2c(c1)Oc1ccccc1[S+]2[O-]. The Kier molecular flexibility index (Phi) is 3.42. The zero-order valence-electron chi connectivity index (χ0n) is 10.8. The molecule has 1 aliphatic rings. The molecule has 0 aromatic heterocycles. The average Bonchev–Trinajstić information content (AvgIpc) is 2.46. The molecule has 1 unspecified atom stereocenters. The van der Waals surface area contributed by atoms with Gasteiger partial charge in [-0.1, -0.05) is 12.1 Å². The lowest BCUT2D eigenvalue weighted by molar-refractivity contribution is -0.210. The van der Waals surface area contributed by atoms with Gasteiger partial charge in [-0.3, -0.25) is 0 Å². The lowest BCUT2D eigenvalue weighted by Gasteiger charge is -2.22. The highest BCUT2D eigenvalue weighted by atomic mass is 32.2. The smallest absolute Gasteiger partial charge is 0.501 e. The molecule has 114 valence electrons. The summed E-state index contributed by atoms with van der Waals surface area (Å²) in [4.78, 5) is 11.1. The molecule has 3 rings (SSSR count). The van der Waals surface area contributed by atoms with Gasteiger partial charge >= 0.3 is 12.1 Å². The van der Waals surface area contributed by atoms with Gasteiger partial charge in [0.15, 0.2) is 11.5 Å². The molecule has 1 N–H and O–H groups in total. The highest BCUT2D eigenvalue weighted by Crippen LogP contribution is 2.44. The molecular formula is C14H8F2O5S. The normalized spacial score (nSPS) is 16.2. The van der Waals surface area contributed by atoms with Gasteiger partial charge in [-0.15, -0.1) is 0 Å². The minimum absolute atomic E-state index is 0.0794. The summed E-state index contributed by atoms with van der Waals surface area (Å²) >= 11 is -1.51. The van der Waals surface area contributed by atoms with Crippen LogP contribution in [0.25, 0.3) is 0 Å². The van der Waals surface area contributed by atoms with E-state index in [-0.39, 0.29) is 5.75 Å². The summed E-state index contributed by atoms with van der Waals surface area (Å²) in [5.74, 6) is -2.38. The van der Waals surface area contributed by atoms with Crippen molar-refractivity contribution in [3.63, 3.8) is 0 Å². The number of carboxylic acids is 1. The van der Waals surface area contributed by atoms with Crippen molar-refractivity contribution in [1.82, 2.24) is 0 Å². The second-order valence-corrected chi connectivity index (χ2v) is 5.77. The number of alkyl halides is 2. The summed E-state index contributed by atoms with van der Waals surface area (Å²) in [7, 11) is 0. The van der Waals surface area contributed by atoms with E-state index in [0.29, 0.717) is 15.5 Å². The van der Waals surface area contributed by atoms with Crippen molar-refractivity contribution in [2.75, 3.05) is 0 Å². The molecule has 1 atom stereocenters. The number of ether oxygens (including phenoxy) is 2. The number of carbonyl (C=O) groups is 1. The molecule has 0 amide bonds. The van der Waals surface area contributed by atoms with E-state index in [1.807, 2.05) is 0 Å². The molecule has 1 heterocycles. The number of hydrogen-bond acceptors (Lipinski definition) is 4. The predicted molar refractivity (Wildman–Crippen MR) is 70.8 cm³/mol. The summed E-state index contributed by atoms with van der Waals surface area (Å²) in [6.45, 7) is 0. The van der Waals surface area contributed by atoms with E-state index < -0.39 is 29.0 Å². The van der Waals surface area contributed by atoms with Gasteiger partial charge in [-0.25, -0.2) is 4.79 Å². The van der Waals surface area contributed by atoms with Gasteiger partial charge in [0.25, 0.3) is 0 Å².